The van der Waals surface area contributed by atoms with Gasteiger partial charge in [0, 0.05) is 12.8 Å². The number of rotatable bonds is 53. The van der Waals surface area contributed by atoms with Gasteiger partial charge in [0.05, 0.1) is 25.4 Å². The number of carbonyl (C=O) groups excluding carboxylic acids is 2. The van der Waals surface area contributed by atoms with E-state index in [-0.39, 0.29) is 18.5 Å². The third-order valence-corrected chi connectivity index (χ3v) is 13.4. The summed E-state index contributed by atoms with van der Waals surface area (Å²) < 4.78 is 5.48. The second kappa shape index (κ2) is 52.5. The normalized spacial score (nSPS) is 12.5. The average molecular weight is 879 g/mol. The number of aliphatic hydroxyl groups is 2. The fraction of sp³-hybridized carbons (Fsp3) is 0.964. The highest BCUT2D eigenvalue weighted by Crippen LogP contribution is 2.18. The summed E-state index contributed by atoms with van der Waals surface area (Å²) in [6, 6.07) is -0.539. The van der Waals surface area contributed by atoms with Gasteiger partial charge in [0.15, 0.2) is 0 Å². The first kappa shape index (κ1) is 60.9. The Kier molecular flexibility index (Phi) is 51.5. The fourth-order valence-electron chi connectivity index (χ4n) is 9.05. The summed E-state index contributed by atoms with van der Waals surface area (Å²) in [6.07, 6.45) is 59.5. The summed E-state index contributed by atoms with van der Waals surface area (Å²) in [4.78, 5) is 24.4. The van der Waals surface area contributed by atoms with Gasteiger partial charge in [-0.3, -0.25) is 9.59 Å². The largest absolute Gasteiger partial charge is 0.466 e. The average Bonchev–Trinajstić information content (AvgIpc) is 3.27. The van der Waals surface area contributed by atoms with Crippen LogP contribution in [0.4, 0.5) is 0 Å². The summed E-state index contributed by atoms with van der Waals surface area (Å²) in [7, 11) is 0. The molecule has 3 N–H and O–H groups in total. The van der Waals surface area contributed by atoms with Crippen molar-refractivity contribution in [2.24, 2.45) is 0 Å². The van der Waals surface area contributed by atoms with Crippen LogP contribution in [0.3, 0.4) is 0 Å². The molecule has 0 fully saturated rings. The van der Waals surface area contributed by atoms with Crippen LogP contribution in [0.2, 0.25) is 0 Å². The van der Waals surface area contributed by atoms with E-state index in [0.717, 1.165) is 38.5 Å². The quantitative estimate of drug-likeness (QED) is 0.0418. The van der Waals surface area contributed by atoms with Crippen molar-refractivity contribution >= 4 is 11.9 Å². The van der Waals surface area contributed by atoms with Crippen LogP contribution in [0.15, 0.2) is 0 Å². The molecule has 2 unspecified atom stereocenters. The standard InChI is InChI=1S/C56H111NO5/c1-3-5-7-9-11-13-15-16-27-30-34-38-42-46-50-56(61)62-51-47-43-39-35-31-28-25-23-21-19-17-18-20-22-24-26-29-33-37-41-45-49-55(60)57-53(52-58)54(59)48-44-40-36-32-14-12-10-8-6-4-2/h53-54,58-59H,3-52H2,1-2H3,(H,57,60). The first-order chi connectivity index (χ1) is 30.5. The molecule has 370 valence electrons. The number of hydrogen-bond donors (Lipinski definition) is 3. The van der Waals surface area contributed by atoms with Gasteiger partial charge >= 0.3 is 5.97 Å². The smallest absolute Gasteiger partial charge is 0.305 e. The number of amides is 1. The molecule has 0 aromatic carbocycles. The lowest BCUT2D eigenvalue weighted by Gasteiger charge is -2.22. The van der Waals surface area contributed by atoms with Crippen molar-refractivity contribution in [2.45, 2.75) is 334 Å². The van der Waals surface area contributed by atoms with Crippen molar-refractivity contribution < 1.29 is 24.5 Å². The molecule has 6 nitrogen and oxygen atoms in total. The van der Waals surface area contributed by atoms with Gasteiger partial charge in [-0.05, 0) is 25.7 Å². The van der Waals surface area contributed by atoms with E-state index in [1.807, 2.05) is 0 Å². The van der Waals surface area contributed by atoms with Crippen molar-refractivity contribution in [3.8, 4) is 0 Å². The topological polar surface area (TPSA) is 95.9 Å². The van der Waals surface area contributed by atoms with Gasteiger partial charge in [-0.25, -0.2) is 0 Å². The summed E-state index contributed by atoms with van der Waals surface area (Å²) in [5, 5.41) is 23.1. The molecule has 0 saturated heterocycles. The van der Waals surface area contributed by atoms with E-state index < -0.39 is 12.1 Å². The van der Waals surface area contributed by atoms with E-state index in [1.165, 1.54) is 250 Å². The number of nitrogens with one attached hydrogen (secondary N) is 1. The predicted molar refractivity (Wildman–Crippen MR) is 269 cm³/mol. The number of carbonyl (C=O) groups is 2. The molecule has 0 radical (unpaired) electrons. The van der Waals surface area contributed by atoms with Crippen LogP contribution >= 0.6 is 0 Å². The zero-order valence-electron chi connectivity index (χ0n) is 42.1. The molecule has 62 heavy (non-hydrogen) atoms. The number of esters is 1. The molecular formula is C56H111NO5. The summed E-state index contributed by atoms with van der Waals surface area (Å²) in [5.41, 5.74) is 0. The molecule has 2 atom stereocenters. The third kappa shape index (κ3) is 48.3. The van der Waals surface area contributed by atoms with Crippen LogP contribution < -0.4 is 5.32 Å². The maximum Gasteiger partial charge on any atom is 0.305 e. The Morgan fingerprint density at radius 1 is 0.387 bits per heavy atom. The molecule has 0 aromatic rings. The molecule has 0 saturated carbocycles. The number of aliphatic hydroxyl groups excluding tert-OH is 2. The Morgan fingerprint density at radius 2 is 0.661 bits per heavy atom. The third-order valence-electron chi connectivity index (χ3n) is 13.4. The van der Waals surface area contributed by atoms with E-state index in [4.69, 9.17) is 4.74 Å². The molecule has 1 amide bonds. The summed E-state index contributed by atoms with van der Waals surface area (Å²) in [6.45, 7) is 4.96. The Labute approximate surface area is 387 Å². The highest BCUT2D eigenvalue weighted by molar-refractivity contribution is 5.76. The van der Waals surface area contributed by atoms with E-state index in [0.29, 0.717) is 25.9 Å². The molecule has 0 aliphatic heterocycles. The Bertz CT molecular complexity index is 882. The molecule has 0 heterocycles. The van der Waals surface area contributed by atoms with Crippen LogP contribution in [0.1, 0.15) is 322 Å². The van der Waals surface area contributed by atoms with Gasteiger partial charge < -0.3 is 20.3 Å². The Morgan fingerprint density at radius 3 is 0.984 bits per heavy atom. The van der Waals surface area contributed by atoms with Crippen molar-refractivity contribution in [3.63, 3.8) is 0 Å². The second-order valence-corrected chi connectivity index (χ2v) is 19.6. The Hall–Kier alpha value is -1.14. The van der Waals surface area contributed by atoms with E-state index in [1.54, 1.807) is 0 Å². The first-order valence-electron chi connectivity index (χ1n) is 28.3. The molecule has 0 aliphatic rings. The maximum atomic E-state index is 12.4. The van der Waals surface area contributed by atoms with Gasteiger partial charge in [0.1, 0.15) is 0 Å². The number of ether oxygens (including phenoxy) is 1. The van der Waals surface area contributed by atoms with E-state index in [9.17, 15) is 19.8 Å². The zero-order chi connectivity index (χ0) is 45.1. The summed E-state index contributed by atoms with van der Waals surface area (Å²) >= 11 is 0. The Balaban J connectivity index is 3.34. The predicted octanol–water partition coefficient (Wildman–Crippen LogP) is 17.1. The molecule has 0 spiro atoms. The maximum absolute atomic E-state index is 12.4. The van der Waals surface area contributed by atoms with E-state index >= 15 is 0 Å². The van der Waals surface area contributed by atoms with Crippen LogP contribution in [0.5, 0.6) is 0 Å². The highest BCUT2D eigenvalue weighted by Gasteiger charge is 2.20. The number of unbranched alkanes of at least 4 members (excludes halogenated alkanes) is 42. The van der Waals surface area contributed by atoms with Crippen molar-refractivity contribution in [1.29, 1.82) is 0 Å². The van der Waals surface area contributed by atoms with Crippen LogP contribution in [0.25, 0.3) is 0 Å². The van der Waals surface area contributed by atoms with E-state index in [2.05, 4.69) is 19.2 Å². The van der Waals surface area contributed by atoms with Crippen LogP contribution in [0, 0.1) is 0 Å². The first-order valence-corrected chi connectivity index (χ1v) is 28.3. The van der Waals surface area contributed by atoms with Gasteiger partial charge in [-0.15, -0.1) is 0 Å². The van der Waals surface area contributed by atoms with Crippen LogP contribution in [-0.4, -0.2) is 47.4 Å². The summed E-state index contributed by atoms with van der Waals surface area (Å²) in [5.74, 6) is -0.0212. The van der Waals surface area contributed by atoms with Crippen molar-refractivity contribution in [3.05, 3.63) is 0 Å². The van der Waals surface area contributed by atoms with Crippen LogP contribution in [-0.2, 0) is 14.3 Å². The van der Waals surface area contributed by atoms with Gasteiger partial charge in [0.2, 0.25) is 5.91 Å². The lowest BCUT2D eigenvalue weighted by atomic mass is 10.0. The zero-order valence-corrected chi connectivity index (χ0v) is 42.1. The molecule has 6 heteroatoms. The van der Waals surface area contributed by atoms with Crippen molar-refractivity contribution in [2.75, 3.05) is 13.2 Å². The van der Waals surface area contributed by atoms with Gasteiger partial charge in [0.25, 0.3) is 0 Å². The molecule has 0 aliphatic carbocycles. The lowest BCUT2D eigenvalue weighted by Crippen LogP contribution is -2.45. The van der Waals surface area contributed by atoms with Crippen molar-refractivity contribution in [1.82, 2.24) is 5.32 Å². The fourth-order valence-corrected chi connectivity index (χ4v) is 9.05. The molecule has 0 bridgehead atoms. The molecular weight excluding hydrogens is 767 g/mol. The van der Waals surface area contributed by atoms with Gasteiger partial charge in [-0.1, -0.05) is 284 Å². The highest BCUT2D eigenvalue weighted by atomic mass is 16.5. The minimum absolute atomic E-state index is 0.0148. The minimum Gasteiger partial charge on any atom is -0.466 e. The van der Waals surface area contributed by atoms with Gasteiger partial charge in [-0.2, -0.15) is 0 Å². The monoisotopic (exact) mass is 878 g/mol. The SMILES string of the molecule is CCCCCCCCCCCCCCCCC(=O)OCCCCCCCCCCCCCCCCCCCCCCCC(=O)NC(CO)C(O)CCCCCCCCCCCC. The number of hydrogen-bond acceptors (Lipinski definition) is 5. The molecule has 0 rings (SSSR count). The minimum atomic E-state index is -0.661. The second-order valence-electron chi connectivity index (χ2n) is 19.6. The molecule has 0 aromatic heterocycles. The lowest BCUT2D eigenvalue weighted by molar-refractivity contribution is -0.143.